The van der Waals surface area contributed by atoms with Crippen LogP contribution in [0.4, 0.5) is 11.5 Å². The van der Waals surface area contributed by atoms with E-state index in [-0.39, 0.29) is 11.8 Å². The molecule has 1 atom stereocenters. The molecule has 1 aliphatic rings. The molecule has 6 nitrogen and oxygen atoms in total. The average Bonchev–Trinajstić information content (AvgIpc) is 3.10. The Morgan fingerprint density at radius 1 is 1.11 bits per heavy atom. The number of carbonyl (C=O) groups is 2. The van der Waals surface area contributed by atoms with Crippen LogP contribution in [0.1, 0.15) is 11.3 Å². The number of para-hydroxylation sites is 1. The van der Waals surface area contributed by atoms with Gasteiger partial charge in [-0.15, -0.1) is 0 Å². The van der Waals surface area contributed by atoms with Gasteiger partial charge < -0.3 is 9.47 Å². The van der Waals surface area contributed by atoms with E-state index in [1.54, 1.807) is 23.2 Å². The number of benzene rings is 2. The van der Waals surface area contributed by atoms with Gasteiger partial charge in [-0.2, -0.15) is 0 Å². The molecule has 0 radical (unpaired) electrons. The minimum atomic E-state index is -0.767. The molecule has 6 heteroatoms. The number of amides is 2. The number of hydrogen-bond acceptors (Lipinski definition) is 3. The minimum absolute atomic E-state index is 0.206. The summed E-state index contributed by atoms with van der Waals surface area (Å²) in [6.45, 7) is 0.391. The van der Waals surface area contributed by atoms with Crippen LogP contribution in [-0.2, 0) is 29.6 Å². The maximum Gasteiger partial charge on any atom is 0.241 e. The van der Waals surface area contributed by atoms with Crippen molar-refractivity contribution in [2.75, 3.05) is 16.8 Å². The molecule has 142 valence electrons. The third-order valence-electron chi connectivity index (χ3n) is 5.21. The zero-order valence-corrected chi connectivity index (χ0v) is 15.9. The van der Waals surface area contributed by atoms with E-state index in [1.165, 1.54) is 0 Å². The van der Waals surface area contributed by atoms with Gasteiger partial charge in [0.15, 0.2) is 5.82 Å². The summed E-state index contributed by atoms with van der Waals surface area (Å²) in [5, 5.41) is 0. The second kappa shape index (κ2) is 7.31. The summed E-state index contributed by atoms with van der Waals surface area (Å²) in [6, 6.07) is 19.1. The number of hydrogen-bond donors (Lipinski definition) is 0. The van der Waals surface area contributed by atoms with Crippen molar-refractivity contribution in [2.24, 2.45) is 13.0 Å². The molecule has 0 N–H and O–H groups in total. The number of nitrogens with zero attached hydrogens (tertiary/aromatic N) is 4. The van der Waals surface area contributed by atoms with E-state index < -0.39 is 5.92 Å². The second-order valence-electron chi connectivity index (χ2n) is 7.03. The van der Waals surface area contributed by atoms with Crippen molar-refractivity contribution < 1.29 is 9.59 Å². The lowest BCUT2D eigenvalue weighted by Crippen LogP contribution is -2.48. The Hall–Kier alpha value is -3.41. The average molecular weight is 374 g/mol. The van der Waals surface area contributed by atoms with E-state index in [0.29, 0.717) is 18.8 Å². The fourth-order valence-electron chi connectivity index (χ4n) is 3.60. The molecule has 2 amide bonds. The molecule has 1 aliphatic heterocycles. The quantitative estimate of drug-likeness (QED) is 0.660. The van der Waals surface area contributed by atoms with Gasteiger partial charge >= 0.3 is 0 Å². The van der Waals surface area contributed by atoms with Gasteiger partial charge in [0.2, 0.25) is 11.8 Å². The Bertz CT molecular complexity index is 998. The predicted molar refractivity (Wildman–Crippen MR) is 108 cm³/mol. The van der Waals surface area contributed by atoms with E-state index in [9.17, 15) is 9.59 Å². The molecule has 0 fully saturated rings. The van der Waals surface area contributed by atoms with Gasteiger partial charge in [0.05, 0.1) is 18.6 Å². The van der Waals surface area contributed by atoms with Crippen LogP contribution in [0.2, 0.25) is 0 Å². The molecule has 0 aliphatic carbocycles. The van der Waals surface area contributed by atoms with E-state index in [1.807, 2.05) is 72.3 Å². The summed E-state index contributed by atoms with van der Waals surface area (Å²) < 4.78 is 1.89. The van der Waals surface area contributed by atoms with Gasteiger partial charge in [0.1, 0.15) is 5.92 Å². The highest BCUT2D eigenvalue weighted by Gasteiger charge is 2.41. The van der Waals surface area contributed by atoms with Crippen LogP contribution in [0.25, 0.3) is 0 Å². The Morgan fingerprint density at radius 3 is 2.43 bits per heavy atom. The summed E-state index contributed by atoms with van der Waals surface area (Å²) in [5.41, 5.74) is 2.66. The number of aromatic nitrogens is 2. The molecular formula is C22H22N4O2. The van der Waals surface area contributed by atoms with Gasteiger partial charge in [0.25, 0.3) is 0 Å². The zero-order chi connectivity index (χ0) is 19.7. The maximum atomic E-state index is 13.3. The first-order chi connectivity index (χ1) is 13.6. The zero-order valence-electron chi connectivity index (χ0n) is 15.9. The lowest BCUT2D eigenvalue weighted by atomic mass is 9.95. The van der Waals surface area contributed by atoms with Crippen LogP contribution >= 0.6 is 0 Å². The maximum absolute atomic E-state index is 13.3. The molecule has 1 aromatic heterocycles. The molecule has 0 saturated carbocycles. The predicted octanol–water partition coefficient (Wildman–Crippen LogP) is 2.79. The van der Waals surface area contributed by atoms with Crippen molar-refractivity contribution in [1.82, 2.24) is 9.55 Å². The number of carbonyl (C=O) groups excluding carboxylic acids is 2. The van der Waals surface area contributed by atoms with Crippen molar-refractivity contribution in [3.63, 3.8) is 0 Å². The molecular weight excluding hydrogens is 352 g/mol. The highest BCUT2D eigenvalue weighted by Crippen LogP contribution is 2.32. The standard InChI is InChI=1S/C22H22N4O2/c1-24-15-23-20-19(24)13-18(21(27)25(2)17-11-7-4-8-12-17)22(28)26(20)14-16-9-5-3-6-10-16/h3-12,15,18H,13-14H2,1-2H3/t18-/m1/s1. The molecule has 4 rings (SSSR count). The normalized spacial score (nSPS) is 16.0. The molecule has 0 saturated heterocycles. The molecule has 2 aromatic carbocycles. The second-order valence-corrected chi connectivity index (χ2v) is 7.03. The van der Waals surface area contributed by atoms with Crippen molar-refractivity contribution in [3.8, 4) is 0 Å². The highest BCUT2D eigenvalue weighted by atomic mass is 16.2. The summed E-state index contributed by atoms with van der Waals surface area (Å²) in [6.07, 6.45) is 2.05. The summed E-state index contributed by atoms with van der Waals surface area (Å²) in [4.78, 5) is 34.1. The van der Waals surface area contributed by atoms with Crippen molar-refractivity contribution in [3.05, 3.63) is 78.2 Å². The fraction of sp³-hybridized carbons (Fsp3) is 0.227. The Kier molecular flexibility index (Phi) is 4.69. The van der Waals surface area contributed by atoms with Crippen LogP contribution in [-0.4, -0.2) is 28.4 Å². The number of anilines is 2. The van der Waals surface area contributed by atoms with Crippen LogP contribution in [0.15, 0.2) is 67.0 Å². The number of imidazole rings is 1. The monoisotopic (exact) mass is 374 g/mol. The first kappa shape index (κ1) is 18.0. The molecule has 0 bridgehead atoms. The smallest absolute Gasteiger partial charge is 0.241 e. The van der Waals surface area contributed by atoms with Gasteiger partial charge in [-0.05, 0) is 17.7 Å². The Balaban J connectivity index is 1.67. The third-order valence-corrected chi connectivity index (χ3v) is 5.21. The lowest BCUT2D eigenvalue weighted by Gasteiger charge is -2.33. The summed E-state index contributed by atoms with van der Waals surface area (Å²) >= 11 is 0. The third kappa shape index (κ3) is 3.17. The van der Waals surface area contributed by atoms with E-state index >= 15 is 0 Å². The largest absolute Gasteiger partial charge is 0.336 e. The molecule has 0 spiro atoms. The van der Waals surface area contributed by atoms with Gasteiger partial charge in [0, 0.05) is 26.2 Å². The summed E-state index contributed by atoms with van der Waals surface area (Å²) in [5.74, 6) is -0.538. The number of rotatable bonds is 4. The summed E-state index contributed by atoms with van der Waals surface area (Å²) in [7, 11) is 3.61. The Morgan fingerprint density at radius 2 is 1.75 bits per heavy atom. The van der Waals surface area contributed by atoms with Crippen molar-refractivity contribution in [1.29, 1.82) is 0 Å². The molecule has 3 aromatic rings. The van der Waals surface area contributed by atoms with Crippen LogP contribution < -0.4 is 9.80 Å². The minimum Gasteiger partial charge on any atom is -0.336 e. The Labute approximate surface area is 164 Å². The van der Waals surface area contributed by atoms with Crippen LogP contribution in [0, 0.1) is 5.92 Å². The number of fused-ring (bicyclic) bond motifs is 1. The molecule has 28 heavy (non-hydrogen) atoms. The van der Waals surface area contributed by atoms with E-state index in [2.05, 4.69) is 4.98 Å². The number of aryl methyl sites for hydroxylation is 1. The van der Waals surface area contributed by atoms with Gasteiger partial charge in [-0.1, -0.05) is 48.5 Å². The van der Waals surface area contributed by atoms with Crippen molar-refractivity contribution >= 4 is 23.3 Å². The molecule has 0 unspecified atom stereocenters. The van der Waals surface area contributed by atoms with Crippen LogP contribution in [0.5, 0.6) is 0 Å². The van der Waals surface area contributed by atoms with Gasteiger partial charge in [-0.3, -0.25) is 14.5 Å². The highest BCUT2D eigenvalue weighted by molar-refractivity contribution is 6.13. The first-order valence-electron chi connectivity index (χ1n) is 9.24. The fourth-order valence-corrected chi connectivity index (χ4v) is 3.60. The van der Waals surface area contributed by atoms with Crippen molar-refractivity contribution in [2.45, 2.75) is 13.0 Å². The van der Waals surface area contributed by atoms with E-state index in [0.717, 1.165) is 16.9 Å². The topological polar surface area (TPSA) is 58.4 Å². The van der Waals surface area contributed by atoms with E-state index in [4.69, 9.17) is 0 Å². The van der Waals surface area contributed by atoms with Gasteiger partial charge in [-0.25, -0.2) is 4.98 Å². The lowest BCUT2D eigenvalue weighted by molar-refractivity contribution is -0.132. The first-order valence-corrected chi connectivity index (χ1v) is 9.24. The van der Waals surface area contributed by atoms with Crippen LogP contribution in [0.3, 0.4) is 0 Å². The SMILES string of the molecule is CN(C(=O)[C@H]1Cc2c(ncn2C)N(Cc2ccccc2)C1=O)c1ccccc1. The molecule has 2 heterocycles.